The normalized spacial score (nSPS) is 14.6. The highest BCUT2D eigenvalue weighted by Crippen LogP contribution is 2.24. The van der Waals surface area contributed by atoms with E-state index in [0.717, 1.165) is 18.7 Å². The van der Waals surface area contributed by atoms with Gasteiger partial charge in [0, 0.05) is 6.04 Å². The van der Waals surface area contributed by atoms with Crippen molar-refractivity contribution in [1.82, 2.24) is 5.32 Å². The summed E-state index contributed by atoms with van der Waals surface area (Å²) in [5, 5.41) is 3.51. The molecule has 0 aliphatic rings. The fourth-order valence-electron chi connectivity index (χ4n) is 2.04. The minimum absolute atomic E-state index is 0.561. The first-order valence-electron chi connectivity index (χ1n) is 6.89. The van der Waals surface area contributed by atoms with Crippen LogP contribution in [0.3, 0.4) is 0 Å². The van der Waals surface area contributed by atoms with E-state index in [2.05, 4.69) is 45.1 Å². The summed E-state index contributed by atoms with van der Waals surface area (Å²) in [4.78, 5) is 0. The highest BCUT2D eigenvalue weighted by Gasteiger charge is 2.15. The molecule has 2 nitrogen and oxygen atoms in total. The lowest BCUT2D eigenvalue weighted by Crippen LogP contribution is -2.31. The monoisotopic (exact) mass is 249 g/mol. The van der Waals surface area contributed by atoms with Crippen LogP contribution in [0.1, 0.15) is 33.3 Å². The quantitative estimate of drug-likeness (QED) is 0.798. The van der Waals surface area contributed by atoms with Gasteiger partial charge in [0.25, 0.3) is 0 Å². The summed E-state index contributed by atoms with van der Waals surface area (Å²) in [5.41, 5.74) is 1.31. The zero-order valence-corrected chi connectivity index (χ0v) is 12.4. The third-order valence-electron chi connectivity index (χ3n) is 3.55. The summed E-state index contributed by atoms with van der Waals surface area (Å²) in [7, 11) is 1.74. The molecule has 18 heavy (non-hydrogen) atoms. The number of hydrogen-bond donors (Lipinski definition) is 1. The first-order chi connectivity index (χ1) is 8.54. The van der Waals surface area contributed by atoms with Crippen molar-refractivity contribution in [2.45, 2.75) is 40.2 Å². The summed E-state index contributed by atoms with van der Waals surface area (Å²) in [5.74, 6) is 2.32. The van der Waals surface area contributed by atoms with E-state index in [4.69, 9.17) is 4.74 Å². The van der Waals surface area contributed by atoms with Gasteiger partial charge in [-0.3, -0.25) is 0 Å². The maximum absolute atomic E-state index is 5.41. The Morgan fingerprint density at radius 1 is 1.06 bits per heavy atom. The van der Waals surface area contributed by atoms with E-state index >= 15 is 0 Å². The van der Waals surface area contributed by atoms with Gasteiger partial charge in [0.2, 0.25) is 0 Å². The molecule has 0 fully saturated rings. The molecule has 0 aromatic heterocycles. The molecule has 1 rings (SSSR count). The maximum Gasteiger partial charge on any atom is 0.122 e. The van der Waals surface area contributed by atoms with Gasteiger partial charge in [-0.2, -0.15) is 0 Å². The van der Waals surface area contributed by atoms with E-state index in [-0.39, 0.29) is 0 Å². The summed E-state index contributed by atoms with van der Waals surface area (Å²) >= 11 is 0. The van der Waals surface area contributed by atoms with Crippen molar-refractivity contribution < 1.29 is 4.74 Å². The molecule has 2 atom stereocenters. The van der Waals surface area contributed by atoms with Gasteiger partial charge in [-0.25, -0.2) is 0 Å². The van der Waals surface area contributed by atoms with Gasteiger partial charge in [-0.15, -0.1) is 0 Å². The van der Waals surface area contributed by atoms with Crippen LogP contribution in [-0.4, -0.2) is 19.7 Å². The highest BCUT2D eigenvalue weighted by atomic mass is 16.5. The lowest BCUT2D eigenvalue weighted by molar-refractivity contribution is 0.346. The molecule has 0 saturated heterocycles. The number of benzene rings is 1. The molecular formula is C16H27NO. The highest BCUT2D eigenvalue weighted by molar-refractivity contribution is 5.33. The minimum Gasteiger partial charge on any atom is -0.496 e. The third kappa shape index (κ3) is 4.69. The van der Waals surface area contributed by atoms with E-state index in [1.807, 2.05) is 12.1 Å². The van der Waals surface area contributed by atoms with Crippen LogP contribution in [-0.2, 0) is 6.42 Å². The predicted octanol–water partition coefficient (Wildman–Crippen LogP) is 3.51. The average molecular weight is 249 g/mol. The smallest absolute Gasteiger partial charge is 0.122 e. The zero-order chi connectivity index (χ0) is 13.5. The number of ether oxygens (including phenoxy) is 1. The second-order valence-corrected chi connectivity index (χ2v) is 5.53. The lowest BCUT2D eigenvalue weighted by atomic mass is 9.89. The number of hydrogen-bond acceptors (Lipinski definition) is 2. The Morgan fingerprint density at radius 3 is 2.33 bits per heavy atom. The van der Waals surface area contributed by atoms with Crippen molar-refractivity contribution in [2.75, 3.05) is 13.7 Å². The number of rotatable bonds is 7. The van der Waals surface area contributed by atoms with Crippen LogP contribution in [0.15, 0.2) is 24.3 Å². The van der Waals surface area contributed by atoms with Crippen molar-refractivity contribution in [2.24, 2.45) is 11.8 Å². The fraction of sp³-hybridized carbons (Fsp3) is 0.625. The summed E-state index contributed by atoms with van der Waals surface area (Å²) in [6.07, 6.45) is 1.07. The molecule has 0 radical (unpaired) electrons. The Morgan fingerprint density at radius 2 is 1.72 bits per heavy atom. The molecule has 1 aromatic rings. The van der Waals surface area contributed by atoms with Crippen LogP contribution in [0.2, 0.25) is 0 Å². The number of methoxy groups -OCH3 is 1. The average Bonchev–Trinajstić information content (AvgIpc) is 2.36. The second kappa shape index (κ2) is 7.42. The Hall–Kier alpha value is -1.02. The topological polar surface area (TPSA) is 21.3 Å². The van der Waals surface area contributed by atoms with Crippen LogP contribution in [0.5, 0.6) is 5.75 Å². The summed E-state index contributed by atoms with van der Waals surface area (Å²) < 4.78 is 5.41. The van der Waals surface area contributed by atoms with Gasteiger partial charge in [0.1, 0.15) is 5.75 Å². The molecule has 0 spiro atoms. The minimum atomic E-state index is 0.561. The van der Waals surface area contributed by atoms with Crippen molar-refractivity contribution in [1.29, 1.82) is 0 Å². The van der Waals surface area contributed by atoms with Crippen LogP contribution in [0, 0.1) is 11.8 Å². The molecular weight excluding hydrogens is 222 g/mol. The second-order valence-electron chi connectivity index (χ2n) is 5.53. The standard InChI is InChI=1S/C16H27NO/c1-12(2)17-11-14(4)13(3)10-15-8-6-7-9-16(15)18-5/h6-9,12-14,17H,10-11H2,1-5H3. The molecule has 0 heterocycles. The maximum atomic E-state index is 5.41. The summed E-state index contributed by atoms with van der Waals surface area (Å²) in [6, 6.07) is 8.88. The summed E-state index contributed by atoms with van der Waals surface area (Å²) in [6.45, 7) is 10.1. The number of nitrogens with one attached hydrogen (secondary N) is 1. The molecule has 0 saturated carbocycles. The van der Waals surface area contributed by atoms with E-state index in [0.29, 0.717) is 17.9 Å². The van der Waals surface area contributed by atoms with Crippen LogP contribution in [0.25, 0.3) is 0 Å². The Balaban J connectivity index is 2.55. The largest absolute Gasteiger partial charge is 0.496 e. The van der Waals surface area contributed by atoms with Crippen LogP contribution < -0.4 is 10.1 Å². The van der Waals surface area contributed by atoms with E-state index in [1.54, 1.807) is 7.11 Å². The van der Waals surface area contributed by atoms with Gasteiger partial charge < -0.3 is 10.1 Å². The lowest BCUT2D eigenvalue weighted by Gasteiger charge is -2.22. The molecule has 0 aliphatic carbocycles. The van der Waals surface area contributed by atoms with Gasteiger partial charge in [0.05, 0.1) is 7.11 Å². The molecule has 1 aromatic carbocycles. The Bertz CT molecular complexity index is 349. The molecule has 0 amide bonds. The van der Waals surface area contributed by atoms with E-state index in [1.165, 1.54) is 5.56 Å². The molecule has 102 valence electrons. The van der Waals surface area contributed by atoms with Crippen LogP contribution in [0.4, 0.5) is 0 Å². The van der Waals surface area contributed by atoms with E-state index in [9.17, 15) is 0 Å². The Kier molecular flexibility index (Phi) is 6.20. The zero-order valence-electron chi connectivity index (χ0n) is 12.4. The van der Waals surface area contributed by atoms with Crippen LogP contribution >= 0.6 is 0 Å². The predicted molar refractivity (Wildman–Crippen MR) is 78.2 cm³/mol. The van der Waals surface area contributed by atoms with E-state index < -0.39 is 0 Å². The SMILES string of the molecule is COc1ccccc1CC(C)C(C)CNC(C)C. The molecule has 1 N–H and O–H groups in total. The van der Waals surface area contributed by atoms with Gasteiger partial charge in [0.15, 0.2) is 0 Å². The molecule has 0 bridgehead atoms. The Labute approximate surface area is 112 Å². The fourth-order valence-corrected chi connectivity index (χ4v) is 2.04. The first-order valence-corrected chi connectivity index (χ1v) is 6.89. The van der Waals surface area contributed by atoms with Crippen molar-refractivity contribution in [3.05, 3.63) is 29.8 Å². The van der Waals surface area contributed by atoms with Gasteiger partial charge in [-0.05, 0) is 36.4 Å². The molecule has 2 heteroatoms. The van der Waals surface area contributed by atoms with Crippen molar-refractivity contribution >= 4 is 0 Å². The molecule has 0 aliphatic heterocycles. The molecule has 2 unspecified atom stereocenters. The van der Waals surface area contributed by atoms with Gasteiger partial charge in [-0.1, -0.05) is 45.9 Å². The van der Waals surface area contributed by atoms with Crippen molar-refractivity contribution in [3.8, 4) is 5.75 Å². The van der Waals surface area contributed by atoms with Gasteiger partial charge >= 0.3 is 0 Å². The first kappa shape index (κ1) is 15.0. The number of para-hydroxylation sites is 1. The third-order valence-corrected chi connectivity index (χ3v) is 3.55. The van der Waals surface area contributed by atoms with Crippen molar-refractivity contribution in [3.63, 3.8) is 0 Å².